The van der Waals surface area contributed by atoms with Gasteiger partial charge in [0.2, 0.25) is 0 Å². The van der Waals surface area contributed by atoms with Crippen LogP contribution in [0.5, 0.6) is 0 Å². The van der Waals surface area contributed by atoms with Crippen LogP contribution in [0.4, 0.5) is 26.3 Å². The van der Waals surface area contributed by atoms with Crippen molar-refractivity contribution in [3.63, 3.8) is 0 Å². The van der Waals surface area contributed by atoms with E-state index in [9.17, 15) is 26.3 Å². The Morgan fingerprint density at radius 1 is 0.667 bits per heavy atom. The maximum absolute atomic E-state index is 12.6. The summed E-state index contributed by atoms with van der Waals surface area (Å²) < 4.78 is 74.8. The molecule has 0 aliphatic rings. The third-order valence-electron chi connectivity index (χ3n) is 1.83. The average molecular weight is 396 g/mol. The van der Waals surface area contributed by atoms with E-state index >= 15 is 0 Å². The molecule has 0 amide bonds. The van der Waals surface area contributed by atoms with Gasteiger partial charge in [-0.2, -0.15) is 26.3 Å². The van der Waals surface area contributed by atoms with Crippen LogP contribution in [0, 0.1) is 0 Å². The second-order valence-electron chi connectivity index (χ2n) is 3.00. The molecule has 1 aromatic carbocycles. The quantitative estimate of drug-likeness (QED) is 0.269. The fraction of sp³-hybridized carbons (Fsp3) is 0.250. The number of benzene rings is 1. The van der Waals surface area contributed by atoms with Crippen LogP contribution < -0.4 is 0 Å². The minimum Gasteiger partial charge on any atom is -0.166 e. The highest BCUT2D eigenvalue weighted by atomic mass is 79.9. The first kappa shape index (κ1) is 16.2. The van der Waals surface area contributed by atoms with Crippen LogP contribution in [-0.2, 0) is 12.4 Å². The Morgan fingerprint density at radius 3 is 1.17 bits per heavy atom. The molecule has 0 fully saturated rings. The molecule has 10 heteroatoms. The van der Waals surface area contributed by atoms with Gasteiger partial charge in [-0.25, -0.2) is 0 Å². The van der Waals surface area contributed by atoms with Gasteiger partial charge >= 0.3 is 12.4 Å². The average Bonchev–Trinajstić information content (AvgIpc) is 2.09. The number of halogens is 10. The van der Waals surface area contributed by atoms with E-state index in [0.29, 0.717) is 0 Å². The van der Waals surface area contributed by atoms with Crippen LogP contribution in [0.15, 0.2) is 4.47 Å². The van der Waals surface area contributed by atoms with Gasteiger partial charge < -0.3 is 0 Å². The fourth-order valence-corrected chi connectivity index (χ4v) is 2.67. The minimum absolute atomic E-state index is 0.713. The summed E-state index contributed by atoms with van der Waals surface area (Å²) in [6.07, 6.45) is -10.3. The summed E-state index contributed by atoms with van der Waals surface area (Å²) in [7, 11) is 0. The molecule has 0 aromatic heterocycles. The standard InChI is InChI=1S/C8BrCl3F6/c9-3-5(11)1(7(13,14)15)4(10)2(6(3)12)8(16,17)18. The Kier molecular flexibility index (Phi) is 4.43. The Balaban J connectivity index is 3.83. The van der Waals surface area contributed by atoms with E-state index in [4.69, 9.17) is 34.8 Å². The minimum atomic E-state index is -5.14. The monoisotopic (exact) mass is 394 g/mol. The molecule has 0 bridgehead atoms. The molecule has 0 nitrogen and oxygen atoms in total. The van der Waals surface area contributed by atoms with Crippen molar-refractivity contribution in [2.24, 2.45) is 0 Å². The maximum atomic E-state index is 12.6. The summed E-state index contributed by atoms with van der Waals surface area (Å²) in [6, 6.07) is 0. The zero-order valence-corrected chi connectivity index (χ0v) is 11.6. The second-order valence-corrected chi connectivity index (χ2v) is 4.93. The molecule has 102 valence electrons. The molecule has 0 saturated carbocycles. The molecule has 0 saturated heterocycles. The molecular weight excluding hydrogens is 396 g/mol. The van der Waals surface area contributed by atoms with Gasteiger partial charge in [0.05, 0.1) is 30.7 Å². The van der Waals surface area contributed by atoms with Crippen molar-refractivity contribution < 1.29 is 26.3 Å². The maximum Gasteiger partial charge on any atom is 0.419 e. The Labute approximate surface area is 120 Å². The fourth-order valence-electron chi connectivity index (χ4n) is 1.13. The second kappa shape index (κ2) is 4.92. The van der Waals surface area contributed by atoms with E-state index in [1.54, 1.807) is 0 Å². The van der Waals surface area contributed by atoms with Crippen LogP contribution in [0.25, 0.3) is 0 Å². The third kappa shape index (κ3) is 2.84. The normalized spacial score (nSPS) is 13.0. The zero-order chi connectivity index (χ0) is 14.5. The van der Waals surface area contributed by atoms with Crippen LogP contribution in [-0.4, -0.2) is 0 Å². The summed E-state index contributed by atoms with van der Waals surface area (Å²) in [5, 5.41) is -3.62. The summed E-state index contributed by atoms with van der Waals surface area (Å²) in [4.78, 5) is 0. The van der Waals surface area contributed by atoms with Crippen molar-refractivity contribution >= 4 is 50.7 Å². The van der Waals surface area contributed by atoms with E-state index < -0.39 is 43.0 Å². The van der Waals surface area contributed by atoms with Crippen LogP contribution in [0.3, 0.4) is 0 Å². The van der Waals surface area contributed by atoms with Gasteiger partial charge in [-0.15, -0.1) is 0 Å². The predicted molar refractivity (Wildman–Crippen MR) is 59.2 cm³/mol. The molecule has 1 rings (SSSR count). The van der Waals surface area contributed by atoms with Crippen LogP contribution in [0.1, 0.15) is 11.1 Å². The highest BCUT2D eigenvalue weighted by molar-refractivity contribution is 9.10. The van der Waals surface area contributed by atoms with Crippen LogP contribution in [0.2, 0.25) is 15.1 Å². The first-order valence-electron chi connectivity index (χ1n) is 3.89. The first-order chi connectivity index (χ1) is 7.89. The van der Waals surface area contributed by atoms with Crippen LogP contribution >= 0.6 is 50.7 Å². The molecular formula is C8BrCl3F6. The lowest BCUT2D eigenvalue weighted by atomic mass is 10.1. The molecule has 0 atom stereocenters. The van der Waals surface area contributed by atoms with Crippen molar-refractivity contribution in [3.8, 4) is 0 Å². The molecule has 18 heavy (non-hydrogen) atoms. The Morgan fingerprint density at radius 2 is 0.944 bits per heavy atom. The first-order valence-corrected chi connectivity index (χ1v) is 5.82. The predicted octanol–water partition coefficient (Wildman–Crippen LogP) is 6.45. The SMILES string of the molecule is FC(F)(F)c1c(Cl)c(Br)c(Cl)c(C(F)(F)F)c1Cl. The van der Waals surface area contributed by atoms with Gasteiger partial charge in [0.1, 0.15) is 0 Å². The lowest BCUT2D eigenvalue weighted by Gasteiger charge is -2.19. The summed E-state index contributed by atoms with van der Waals surface area (Å²) in [5.41, 5.74) is -3.57. The van der Waals surface area contributed by atoms with Gasteiger partial charge in [-0.05, 0) is 15.9 Å². The van der Waals surface area contributed by atoms with Crippen molar-refractivity contribution in [3.05, 3.63) is 30.7 Å². The van der Waals surface area contributed by atoms with Gasteiger partial charge in [-0.3, -0.25) is 0 Å². The molecule has 0 heterocycles. The van der Waals surface area contributed by atoms with Gasteiger partial charge in [0, 0.05) is 0 Å². The summed E-state index contributed by atoms with van der Waals surface area (Å²) >= 11 is 18.2. The van der Waals surface area contributed by atoms with Gasteiger partial charge in [0.15, 0.2) is 0 Å². The number of hydrogen-bond acceptors (Lipinski definition) is 0. The van der Waals surface area contributed by atoms with E-state index in [2.05, 4.69) is 15.9 Å². The molecule has 0 radical (unpaired) electrons. The Bertz CT molecular complexity index is 452. The number of alkyl halides is 6. The van der Waals surface area contributed by atoms with E-state index in [0.717, 1.165) is 0 Å². The van der Waals surface area contributed by atoms with E-state index in [1.165, 1.54) is 0 Å². The lowest BCUT2D eigenvalue weighted by molar-refractivity contribution is -0.142. The third-order valence-corrected chi connectivity index (χ3v) is 4.21. The lowest BCUT2D eigenvalue weighted by Crippen LogP contribution is -2.14. The van der Waals surface area contributed by atoms with Crippen molar-refractivity contribution in [1.82, 2.24) is 0 Å². The zero-order valence-electron chi connectivity index (χ0n) is 7.78. The van der Waals surface area contributed by atoms with E-state index in [-0.39, 0.29) is 0 Å². The molecule has 0 unspecified atom stereocenters. The smallest absolute Gasteiger partial charge is 0.166 e. The molecule has 1 aromatic rings. The van der Waals surface area contributed by atoms with Crippen molar-refractivity contribution in [2.45, 2.75) is 12.4 Å². The van der Waals surface area contributed by atoms with E-state index in [1.807, 2.05) is 0 Å². The van der Waals surface area contributed by atoms with Crippen molar-refractivity contribution in [1.29, 1.82) is 0 Å². The number of rotatable bonds is 0. The summed E-state index contributed by atoms with van der Waals surface area (Å²) in [5.74, 6) is 0. The molecule has 0 aliphatic carbocycles. The van der Waals surface area contributed by atoms with Gasteiger partial charge in [-0.1, -0.05) is 34.8 Å². The summed E-state index contributed by atoms with van der Waals surface area (Å²) in [6.45, 7) is 0. The topological polar surface area (TPSA) is 0 Å². The van der Waals surface area contributed by atoms with Crippen molar-refractivity contribution in [2.75, 3.05) is 0 Å². The number of hydrogen-bond donors (Lipinski definition) is 0. The molecule has 0 aliphatic heterocycles. The van der Waals surface area contributed by atoms with Gasteiger partial charge in [0.25, 0.3) is 0 Å². The molecule has 0 N–H and O–H groups in total. The highest BCUT2D eigenvalue weighted by Gasteiger charge is 2.45. The molecule has 0 spiro atoms. The largest absolute Gasteiger partial charge is 0.419 e. The highest BCUT2D eigenvalue weighted by Crippen LogP contribution is 2.52. The Hall–Kier alpha value is 0.150.